The summed E-state index contributed by atoms with van der Waals surface area (Å²) in [5.41, 5.74) is 4.70. The van der Waals surface area contributed by atoms with Gasteiger partial charge in [0.25, 0.3) is 0 Å². The van der Waals surface area contributed by atoms with Gasteiger partial charge in [0.05, 0.1) is 19.0 Å². The first-order valence-corrected chi connectivity index (χ1v) is 7.31. The molecule has 0 radical (unpaired) electrons. The fourth-order valence-electron chi connectivity index (χ4n) is 1.34. The molecular weight excluding hydrogens is 457 g/mol. The van der Waals surface area contributed by atoms with Crippen LogP contribution in [-0.4, -0.2) is 6.21 Å². The number of hydrogen-bond acceptors (Lipinski definition) is 2. The molecule has 1 N–H and O–H groups in total. The van der Waals surface area contributed by atoms with E-state index < -0.39 is 0 Å². The van der Waals surface area contributed by atoms with Crippen molar-refractivity contribution in [2.45, 2.75) is 0 Å². The van der Waals surface area contributed by atoms with Gasteiger partial charge in [-0.15, -0.1) is 0 Å². The van der Waals surface area contributed by atoms with Gasteiger partial charge in [-0.3, -0.25) is 5.43 Å². The van der Waals surface area contributed by atoms with Crippen LogP contribution in [0.25, 0.3) is 0 Å². The summed E-state index contributed by atoms with van der Waals surface area (Å²) in [5.74, 6) is -0.177. The normalized spacial score (nSPS) is 10.8. The molecule has 92 valence electrons. The van der Waals surface area contributed by atoms with Crippen molar-refractivity contribution in [2.24, 2.45) is 5.10 Å². The SMILES string of the molecule is Fc1c(I)cc(C=NNc2ccccc2)cc1I. The zero-order valence-corrected chi connectivity index (χ0v) is 13.5. The van der Waals surface area contributed by atoms with Crippen LogP contribution in [0.5, 0.6) is 0 Å². The molecule has 2 nitrogen and oxygen atoms in total. The molecular formula is C13H9FI2N2. The average Bonchev–Trinajstić information content (AvgIpc) is 2.37. The lowest BCUT2D eigenvalue weighted by molar-refractivity contribution is 0.612. The molecule has 2 rings (SSSR count). The van der Waals surface area contributed by atoms with Crippen LogP contribution in [0.4, 0.5) is 10.1 Å². The third-order valence-electron chi connectivity index (χ3n) is 2.19. The summed E-state index contributed by atoms with van der Waals surface area (Å²) < 4.78 is 14.6. The van der Waals surface area contributed by atoms with Gasteiger partial charge in [-0.2, -0.15) is 5.10 Å². The molecule has 18 heavy (non-hydrogen) atoms. The lowest BCUT2D eigenvalue weighted by atomic mass is 10.2. The quantitative estimate of drug-likeness (QED) is 0.307. The molecule has 0 aromatic heterocycles. The van der Waals surface area contributed by atoms with Gasteiger partial charge in [-0.1, -0.05) is 18.2 Å². The maximum Gasteiger partial charge on any atom is 0.149 e. The topological polar surface area (TPSA) is 24.4 Å². The van der Waals surface area contributed by atoms with E-state index >= 15 is 0 Å². The van der Waals surface area contributed by atoms with E-state index in [0.717, 1.165) is 11.3 Å². The van der Waals surface area contributed by atoms with E-state index in [4.69, 9.17) is 0 Å². The van der Waals surface area contributed by atoms with Crippen LogP contribution >= 0.6 is 45.2 Å². The second-order valence-corrected chi connectivity index (χ2v) is 5.86. The standard InChI is InChI=1S/C13H9FI2N2/c14-13-11(15)6-9(7-12(13)16)8-17-18-10-4-2-1-3-5-10/h1-8,18H. The van der Waals surface area contributed by atoms with Gasteiger partial charge in [-0.05, 0) is 75.0 Å². The second-order valence-electron chi connectivity index (χ2n) is 3.53. The van der Waals surface area contributed by atoms with Gasteiger partial charge in [0.2, 0.25) is 0 Å². The highest BCUT2D eigenvalue weighted by molar-refractivity contribution is 14.1. The third-order valence-corrected chi connectivity index (χ3v) is 3.76. The zero-order chi connectivity index (χ0) is 13.0. The van der Waals surface area contributed by atoms with Crippen LogP contribution < -0.4 is 5.43 Å². The van der Waals surface area contributed by atoms with E-state index in [1.807, 2.05) is 75.5 Å². The van der Waals surface area contributed by atoms with Crippen molar-refractivity contribution < 1.29 is 4.39 Å². The predicted octanol–water partition coefficient (Wildman–Crippen LogP) is 4.48. The Labute approximate surface area is 132 Å². The molecule has 5 heteroatoms. The Hall–Kier alpha value is -0.700. The molecule has 0 spiro atoms. The van der Waals surface area contributed by atoms with Crippen LogP contribution in [0.3, 0.4) is 0 Å². The first-order valence-electron chi connectivity index (χ1n) is 5.15. The van der Waals surface area contributed by atoms with Gasteiger partial charge in [0.1, 0.15) is 5.82 Å². The van der Waals surface area contributed by atoms with Crippen molar-refractivity contribution in [3.05, 3.63) is 61.0 Å². The number of rotatable bonds is 3. The summed E-state index contributed by atoms with van der Waals surface area (Å²) >= 11 is 3.95. The highest BCUT2D eigenvalue weighted by Gasteiger charge is 2.05. The molecule has 0 aliphatic rings. The lowest BCUT2D eigenvalue weighted by Crippen LogP contribution is -1.94. The van der Waals surface area contributed by atoms with Crippen molar-refractivity contribution in [1.82, 2.24) is 0 Å². The van der Waals surface area contributed by atoms with E-state index in [2.05, 4.69) is 10.5 Å². The van der Waals surface area contributed by atoms with Gasteiger partial charge < -0.3 is 0 Å². The maximum absolute atomic E-state index is 13.4. The van der Waals surface area contributed by atoms with Crippen molar-refractivity contribution >= 4 is 57.1 Å². The summed E-state index contributed by atoms with van der Waals surface area (Å²) in [4.78, 5) is 0. The molecule has 0 unspecified atom stereocenters. The molecule has 0 saturated heterocycles. The van der Waals surface area contributed by atoms with Gasteiger partial charge in [0.15, 0.2) is 0 Å². The van der Waals surface area contributed by atoms with Crippen LogP contribution in [0, 0.1) is 13.0 Å². The van der Waals surface area contributed by atoms with Gasteiger partial charge >= 0.3 is 0 Å². The molecule has 2 aromatic carbocycles. The first-order chi connectivity index (χ1) is 8.66. The van der Waals surface area contributed by atoms with Crippen molar-refractivity contribution in [2.75, 3.05) is 5.43 Å². The smallest absolute Gasteiger partial charge is 0.149 e. The summed E-state index contributed by atoms with van der Waals surface area (Å²) in [6.07, 6.45) is 1.68. The number of hydrogen-bond donors (Lipinski definition) is 1. The minimum Gasteiger partial charge on any atom is -0.279 e. The molecule has 0 aliphatic carbocycles. The summed E-state index contributed by atoms with van der Waals surface area (Å²) in [7, 11) is 0. The Balaban J connectivity index is 2.10. The summed E-state index contributed by atoms with van der Waals surface area (Å²) in [6.45, 7) is 0. The number of hydrazone groups is 1. The Morgan fingerprint density at radius 2 is 1.67 bits per heavy atom. The molecule has 0 heterocycles. The Morgan fingerprint density at radius 3 is 2.28 bits per heavy atom. The van der Waals surface area contributed by atoms with E-state index in [-0.39, 0.29) is 5.82 Å². The monoisotopic (exact) mass is 466 g/mol. The number of halogens is 3. The fourth-order valence-corrected chi connectivity index (χ4v) is 3.16. The van der Waals surface area contributed by atoms with Crippen LogP contribution in [0.1, 0.15) is 5.56 Å². The zero-order valence-electron chi connectivity index (χ0n) is 9.20. The van der Waals surface area contributed by atoms with Crippen LogP contribution in [0.2, 0.25) is 0 Å². The van der Waals surface area contributed by atoms with E-state index in [1.165, 1.54) is 0 Å². The molecule has 0 atom stereocenters. The second kappa shape index (κ2) is 6.46. The number of para-hydroxylation sites is 1. The summed E-state index contributed by atoms with van der Waals surface area (Å²) in [6, 6.07) is 13.2. The number of anilines is 1. The van der Waals surface area contributed by atoms with Crippen molar-refractivity contribution in [1.29, 1.82) is 0 Å². The predicted molar refractivity (Wildman–Crippen MR) is 89.5 cm³/mol. The highest BCUT2D eigenvalue weighted by atomic mass is 127. The number of benzene rings is 2. The van der Waals surface area contributed by atoms with E-state index in [0.29, 0.717) is 7.14 Å². The minimum atomic E-state index is -0.177. The molecule has 0 saturated carbocycles. The first kappa shape index (κ1) is 13.7. The van der Waals surface area contributed by atoms with Crippen molar-refractivity contribution in [3.63, 3.8) is 0 Å². The molecule has 2 aromatic rings. The van der Waals surface area contributed by atoms with E-state index in [9.17, 15) is 4.39 Å². The molecule has 0 fully saturated rings. The van der Waals surface area contributed by atoms with Crippen LogP contribution in [0.15, 0.2) is 47.6 Å². The van der Waals surface area contributed by atoms with Gasteiger partial charge in [0, 0.05) is 0 Å². The minimum absolute atomic E-state index is 0.177. The molecule has 0 amide bonds. The number of nitrogens with zero attached hydrogens (tertiary/aromatic N) is 1. The Morgan fingerprint density at radius 1 is 1.06 bits per heavy atom. The maximum atomic E-state index is 13.4. The third kappa shape index (κ3) is 3.64. The fraction of sp³-hybridized carbons (Fsp3) is 0. The Bertz CT molecular complexity index is 547. The summed E-state index contributed by atoms with van der Waals surface area (Å²) in [5, 5.41) is 4.12. The lowest BCUT2D eigenvalue weighted by Gasteiger charge is -2.01. The average molecular weight is 466 g/mol. The van der Waals surface area contributed by atoms with Crippen LogP contribution in [-0.2, 0) is 0 Å². The largest absolute Gasteiger partial charge is 0.279 e. The molecule has 0 bridgehead atoms. The number of nitrogens with one attached hydrogen (secondary N) is 1. The molecule has 0 aliphatic heterocycles. The highest BCUT2D eigenvalue weighted by Crippen LogP contribution is 2.19. The van der Waals surface area contributed by atoms with Gasteiger partial charge in [-0.25, -0.2) is 4.39 Å². The van der Waals surface area contributed by atoms with Crippen molar-refractivity contribution in [3.8, 4) is 0 Å². The Kier molecular flexibility index (Phi) is 4.93. The van der Waals surface area contributed by atoms with E-state index in [1.54, 1.807) is 18.3 Å².